The van der Waals surface area contributed by atoms with Gasteiger partial charge in [0, 0.05) is 5.56 Å². The molecule has 0 atom stereocenters. The van der Waals surface area contributed by atoms with Crippen molar-refractivity contribution in [1.82, 2.24) is 10.2 Å². The standard InChI is InChI=1S/C19H15FN2O4/c1-25-18-8-7-13(20)9-14(18)17(23)11-26-19(24)16-10-15(21-22-16)12-5-3-2-4-6-12/h2-10H,11H2,1H3,(H,21,22). The third-order valence-electron chi connectivity index (χ3n) is 3.66. The van der Waals surface area contributed by atoms with Crippen LogP contribution >= 0.6 is 0 Å². The van der Waals surface area contributed by atoms with E-state index in [1.807, 2.05) is 30.3 Å². The van der Waals surface area contributed by atoms with Gasteiger partial charge in [-0.2, -0.15) is 5.10 Å². The molecule has 1 N–H and O–H groups in total. The van der Waals surface area contributed by atoms with Gasteiger partial charge in [-0.15, -0.1) is 0 Å². The number of hydrogen-bond donors (Lipinski definition) is 1. The number of methoxy groups -OCH3 is 1. The molecule has 0 radical (unpaired) electrons. The maximum atomic E-state index is 13.3. The number of nitrogens with one attached hydrogen (secondary N) is 1. The van der Waals surface area contributed by atoms with E-state index < -0.39 is 24.2 Å². The summed E-state index contributed by atoms with van der Waals surface area (Å²) in [7, 11) is 1.37. The molecule has 0 aliphatic heterocycles. The van der Waals surface area contributed by atoms with Crippen molar-refractivity contribution in [3.8, 4) is 17.0 Å². The minimum atomic E-state index is -0.733. The highest BCUT2D eigenvalue weighted by Gasteiger charge is 2.18. The maximum Gasteiger partial charge on any atom is 0.356 e. The number of carbonyl (C=O) groups excluding carboxylic acids is 2. The van der Waals surface area contributed by atoms with Crippen molar-refractivity contribution in [2.24, 2.45) is 0 Å². The summed E-state index contributed by atoms with van der Waals surface area (Å²) in [4.78, 5) is 24.3. The second kappa shape index (κ2) is 7.60. The Kier molecular flexibility index (Phi) is 5.07. The van der Waals surface area contributed by atoms with E-state index in [1.165, 1.54) is 25.3 Å². The van der Waals surface area contributed by atoms with Crippen LogP contribution < -0.4 is 4.74 Å². The lowest BCUT2D eigenvalue weighted by Gasteiger charge is -2.08. The van der Waals surface area contributed by atoms with Crippen LogP contribution in [0.2, 0.25) is 0 Å². The average Bonchev–Trinajstić information content (AvgIpc) is 3.17. The highest BCUT2D eigenvalue weighted by molar-refractivity contribution is 6.01. The summed E-state index contributed by atoms with van der Waals surface area (Å²) in [6.45, 7) is -0.543. The molecule has 3 aromatic rings. The SMILES string of the molecule is COc1ccc(F)cc1C(=O)COC(=O)c1cc(-c2ccccc2)n[nH]1. The summed E-state index contributed by atoms with van der Waals surface area (Å²) >= 11 is 0. The van der Waals surface area contributed by atoms with Gasteiger partial charge in [0.1, 0.15) is 17.3 Å². The number of ketones is 1. The Morgan fingerprint density at radius 1 is 1.12 bits per heavy atom. The molecule has 0 saturated heterocycles. The lowest BCUT2D eigenvalue weighted by atomic mass is 10.1. The van der Waals surface area contributed by atoms with Crippen LogP contribution in [-0.2, 0) is 4.74 Å². The van der Waals surface area contributed by atoms with E-state index in [0.29, 0.717) is 5.69 Å². The molecule has 0 saturated carbocycles. The molecule has 7 heteroatoms. The first-order valence-electron chi connectivity index (χ1n) is 7.73. The van der Waals surface area contributed by atoms with Gasteiger partial charge in [-0.05, 0) is 24.3 Å². The Labute approximate surface area is 148 Å². The Bertz CT molecular complexity index is 938. The molecule has 0 aliphatic carbocycles. The molecule has 1 heterocycles. The number of rotatable bonds is 6. The van der Waals surface area contributed by atoms with Gasteiger partial charge in [-0.3, -0.25) is 9.89 Å². The van der Waals surface area contributed by atoms with Crippen LogP contribution in [0.4, 0.5) is 4.39 Å². The van der Waals surface area contributed by atoms with E-state index in [9.17, 15) is 14.0 Å². The molecule has 6 nitrogen and oxygen atoms in total. The number of H-pyrrole nitrogens is 1. The number of Topliss-reactive ketones (excluding diaryl/α,β-unsaturated/α-hetero) is 1. The molecule has 1 aromatic heterocycles. The fourth-order valence-corrected chi connectivity index (χ4v) is 2.37. The van der Waals surface area contributed by atoms with Gasteiger partial charge < -0.3 is 9.47 Å². The highest BCUT2D eigenvalue weighted by Crippen LogP contribution is 2.20. The zero-order valence-corrected chi connectivity index (χ0v) is 13.9. The van der Waals surface area contributed by atoms with Gasteiger partial charge in [0.05, 0.1) is 18.4 Å². The number of nitrogens with zero attached hydrogens (tertiary/aromatic N) is 1. The number of hydrogen-bond acceptors (Lipinski definition) is 5. The van der Waals surface area contributed by atoms with Gasteiger partial charge in [0.2, 0.25) is 5.78 Å². The van der Waals surface area contributed by atoms with E-state index >= 15 is 0 Å². The summed E-state index contributed by atoms with van der Waals surface area (Å²) in [5.41, 5.74) is 1.54. The number of esters is 1. The summed E-state index contributed by atoms with van der Waals surface area (Å²) in [5.74, 6) is -1.68. The monoisotopic (exact) mass is 354 g/mol. The van der Waals surface area contributed by atoms with E-state index in [0.717, 1.165) is 11.6 Å². The first-order chi connectivity index (χ1) is 12.6. The highest BCUT2D eigenvalue weighted by atomic mass is 19.1. The minimum absolute atomic E-state index is 0.00915. The quantitative estimate of drug-likeness (QED) is 0.543. The molecule has 0 spiro atoms. The van der Waals surface area contributed by atoms with Crippen molar-refractivity contribution >= 4 is 11.8 Å². The maximum absolute atomic E-state index is 13.3. The number of benzene rings is 2. The smallest absolute Gasteiger partial charge is 0.356 e. The minimum Gasteiger partial charge on any atom is -0.496 e. The molecule has 0 unspecified atom stereocenters. The topological polar surface area (TPSA) is 81.3 Å². The number of aromatic amines is 1. The zero-order chi connectivity index (χ0) is 18.5. The molecule has 0 fully saturated rings. The van der Waals surface area contributed by atoms with Crippen molar-refractivity contribution in [2.75, 3.05) is 13.7 Å². The molecule has 0 bridgehead atoms. The fourth-order valence-electron chi connectivity index (χ4n) is 2.37. The molecule has 0 amide bonds. The summed E-state index contributed by atoms with van der Waals surface area (Å²) in [6, 6.07) is 14.4. The fraction of sp³-hybridized carbons (Fsp3) is 0.105. The molecule has 2 aromatic carbocycles. The largest absolute Gasteiger partial charge is 0.496 e. The molecule has 0 aliphatic rings. The molecular weight excluding hydrogens is 339 g/mol. The summed E-state index contributed by atoms with van der Waals surface area (Å²) in [6.07, 6.45) is 0. The van der Waals surface area contributed by atoms with Gasteiger partial charge >= 0.3 is 5.97 Å². The third-order valence-corrected chi connectivity index (χ3v) is 3.66. The van der Waals surface area contributed by atoms with Crippen molar-refractivity contribution in [1.29, 1.82) is 0 Å². The molecular formula is C19H15FN2O4. The van der Waals surface area contributed by atoms with E-state index in [4.69, 9.17) is 9.47 Å². The van der Waals surface area contributed by atoms with Crippen molar-refractivity contribution in [3.63, 3.8) is 0 Å². The number of ether oxygens (including phenoxy) is 2. The van der Waals surface area contributed by atoms with Crippen LogP contribution in [0, 0.1) is 5.82 Å². The van der Waals surface area contributed by atoms with E-state index in [2.05, 4.69) is 10.2 Å². The normalized spacial score (nSPS) is 10.4. The Morgan fingerprint density at radius 3 is 2.62 bits per heavy atom. The van der Waals surface area contributed by atoms with Crippen molar-refractivity contribution in [3.05, 3.63) is 71.7 Å². The molecule has 132 valence electrons. The average molecular weight is 354 g/mol. The first kappa shape index (κ1) is 17.3. The van der Waals surface area contributed by atoms with Crippen LogP contribution in [0.15, 0.2) is 54.6 Å². The van der Waals surface area contributed by atoms with E-state index in [1.54, 1.807) is 0 Å². The number of aromatic nitrogens is 2. The number of halogens is 1. The summed E-state index contributed by atoms with van der Waals surface area (Å²) < 4.78 is 23.4. The second-order valence-electron chi connectivity index (χ2n) is 5.38. The molecule has 26 heavy (non-hydrogen) atoms. The van der Waals surface area contributed by atoms with Crippen LogP contribution in [0.1, 0.15) is 20.8 Å². The third kappa shape index (κ3) is 3.77. The predicted molar refractivity (Wildman–Crippen MR) is 91.6 cm³/mol. The Morgan fingerprint density at radius 2 is 1.88 bits per heavy atom. The van der Waals surface area contributed by atoms with Crippen LogP contribution in [0.3, 0.4) is 0 Å². The van der Waals surface area contributed by atoms with Gasteiger partial charge in [-0.25, -0.2) is 9.18 Å². The Balaban J connectivity index is 1.67. The van der Waals surface area contributed by atoms with Crippen molar-refractivity contribution in [2.45, 2.75) is 0 Å². The van der Waals surface area contributed by atoms with Gasteiger partial charge in [0.25, 0.3) is 0 Å². The number of carbonyl (C=O) groups is 2. The van der Waals surface area contributed by atoms with Crippen molar-refractivity contribution < 1.29 is 23.5 Å². The summed E-state index contributed by atoms with van der Waals surface area (Å²) in [5, 5.41) is 6.63. The van der Waals surface area contributed by atoms with Crippen LogP contribution in [0.5, 0.6) is 5.75 Å². The lowest BCUT2D eigenvalue weighted by Crippen LogP contribution is -2.15. The van der Waals surface area contributed by atoms with E-state index in [-0.39, 0.29) is 17.0 Å². The van der Waals surface area contributed by atoms with Crippen LogP contribution in [-0.4, -0.2) is 35.7 Å². The van der Waals surface area contributed by atoms with Gasteiger partial charge in [-0.1, -0.05) is 30.3 Å². The van der Waals surface area contributed by atoms with Gasteiger partial charge in [0.15, 0.2) is 6.61 Å². The second-order valence-corrected chi connectivity index (χ2v) is 5.38. The molecule has 3 rings (SSSR count). The zero-order valence-electron chi connectivity index (χ0n) is 13.9. The van der Waals surface area contributed by atoms with Crippen LogP contribution in [0.25, 0.3) is 11.3 Å². The lowest BCUT2D eigenvalue weighted by molar-refractivity contribution is 0.0468. The Hall–Kier alpha value is -3.48. The predicted octanol–water partition coefficient (Wildman–Crippen LogP) is 3.26. The first-order valence-corrected chi connectivity index (χ1v) is 7.73.